The standard InChI is InChI=1S/C5H8O5/c1-2-4(7)10-5(8,9)3-6/h2,6,8-9H,1,3H2. The minimum Gasteiger partial charge on any atom is -0.403 e. The Morgan fingerprint density at radius 2 is 2.20 bits per heavy atom. The van der Waals surface area contributed by atoms with Crippen LogP contribution < -0.4 is 0 Å². The third kappa shape index (κ3) is 3.18. The van der Waals surface area contributed by atoms with Crippen molar-refractivity contribution in [1.29, 1.82) is 0 Å². The summed E-state index contributed by atoms with van der Waals surface area (Å²) in [6.07, 6.45) is 0.747. The van der Waals surface area contributed by atoms with Crippen molar-refractivity contribution in [3.05, 3.63) is 12.7 Å². The van der Waals surface area contributed by atoms with Crippen LogP contribution in [0.3, 0.4) is 0 Å². The van der Waals surface area contributed by atoms with Crippen LogP contribution in [0.1, 0.15) is 0 Å². The molecule has 0 fully saturated rings. The van der Waals surface area contributed by atoms with Crippen molar-refractivity contribution in [2.45, 2.75) is 5.97 Å². The van der Waals surface area contributed by atoms with E-state index in [1.807, 2.05) is 0 Å². The lowest BCUT2D eigenvalue weighted by atomic mass is 10.6. The Balaban J connectivity index is 3.87. The fourth-order valence-corrected chi connectivity index (χ4v) is 0.235. The van der Waals surface area contributed by atoms with Crippen LogP contribution in [0.15, 0.2) is 12.7 Å². The summed E-state index contributed by atoms with van der Waals surface area (Å²) in [5.74, 6) is -3.82. The second kappa shape index (κ2) is 3.31. The topological polar surface area (TPSA) is 87.0 Å². The average molecular weight is 148 g/mol. The van der Waals surface area contributed by atoms with E-state index in [2.05, 4.69) is 11.3 Å². The molecule has 0 aromatic carbocycles. The summed E-state index contributed by atoms with van der Waals surface area (Å²) in [5, 5.41) is 25.0. The van der Waals surface area contributed by atoms with Crippen LogP contribution in [0.4, 0.5) is 0 Å². The van der Waals surface area contributed by atoms with Crippen LogP contribution in [0, 0.1) is 0 Å². The Hall–Kier alpha value is -0.910. The highest BCUT2D eigenvalue weighted by atomic mass is 16.8. The van der Waals surface area contributed by atoms with Crippen LogP contribution in [-0.2, 0) is 9.53 Å². The van der Waals surface area contributed by atoms with Gasteiger partial charge in [0.2, 0.25) is 0 Å². The lowest BCUT2D eigenvalue weighted by Crippen LogP contribution is -2.37. The molecule has 0 radical (unpaired) electrons. The molecule has 0 amide bonds. The van der Waals surface area contributed by atoms with Gasteiger partial charge in [0, 0.05) is 6.08 Å². The van der Waals surface area contributed by atoms with Crippen LogP contribution in [0.5, 0.6) is 0 Å². The van der Waals surface area contributed by atoms with Gasteiger partial charge in [0.05, 0.1) is 0 Å². The first-order valence-corrected chi connectivity index (χ1v) is 2.43. The highest BCUT2D eigenvalue weighted by Gasteiger charge is 2.25. The van der Waals surface area contributed by atoms with Gasteiger partial charge in [0.15, 0.2) is 0 Å². The van der Waals surface area contributed by atoms with Gasteiger partial charge in [-0.15, -0.1) is 0 Å². The molecule has 10 heavy (non-hydrogen) atoms. The molecule has 0 atom stereocenters. The number of aliphatic hydroxyl groups is 3. The average Bonchev–Trinajstić information content (AvgIpc) is 1.87. The Morgan fingerprint density at radius 3 is 2.50 bits per heavy atom. The van der Waals surface area contributed by atoms with Crippen molar-refractivity contribution in [3.63, 3.8) is 0 Å². The number of aliphatic hydroxyl groups excluding tert-OH is 1. The fraction of sp³-hybridized carbons (Fsp3) is 0.400. The molecule has 0 aliphatic carbocycles. The maximum absolute atomic E-state index is 10.2. The highest BCUT2D eigenvalue weighted by Crippen LogP contribution is 1.99. The van der Waals surface area contributed by atoms with E-state index in [0.717, 1.165) is 6.08 Å². The van der Waals surface area contributed by atoms with Crippen molar-refractivity contribution in [2.75, 3.05) is 6.61 Å². The summed E-state index contributed by atoms with van der Waals surface area (Å²) in [6, 6.07) is 0. The molecule has 5 heteroatoms. The summed E-state index contributed by atoms with van der Waals surface area (Å²) in [6.45, 7) is 1.92. The van der Waals surface area contributed by atoms with Gasteiger partial charge in [-0.3, -0.25) is 0 Å². The largest absolute Gasteiger partial charge is 0.403 e. The third-order valence-electron chi connectivity index (χ3n) is 0.637. The van der Waals surface area contributed by atoms with Crippen LogP contribution in [-0.4, -0.2) is 33.9 Å². The second-order valence-corrected chi connectivity index (χ2v) is 1.53. The minimum atomic E-state index is -2.80. The van der Waals surface area contributed by atoms with Gasteiger partial charge in [-0.25, -0.2) is 4.79 Å². The summed E-state index contributed by atoms with van der Waals surface area (Å²) in [7, 11) is 0. The maximum atomic E-state index is 10.2. The van der Waals surface area contributed by atoms with Gasteiger partial charge >= 0.3 is 11.9 Å². The van der Waals surface area contributed by atoms with Crippen LogP contribution >= 0.6 is 0 Å². The number of esters is 1. The fourth-order valence-electron chi connectivity index (χ4n) is 0.235. The molecule has 0 aliphatic rings. The van der Waals surface area contributed by atoms with Crippen molar-refractivity contribution in [3.8, 4) is 0 Å². The van der Waals surface area contributed by atoms with Crippen molar-refractivity contribution >= 4 is 5.97 Å². The number of ether oxygens (including phenoxy) is 1. The predicted octanol–water partition coefficient (Wildman–Crippen LogP) is -1.65. The van der Waals surface area contributed by atoms with E-state index in [-0.39, 0.29) is 0 Å². The van der Waals surface area contributed by atoms with Gasteiger partial charge < -0.3 is 20.1 Å². The molecule has 58 valence electrons. The Kier molecular flexibility index (Phi) is 3.01. The van der Waals surface area contributed by atoms with Crippen molar-refractivity contribution in [2.24, 2.45) is 0 Å². The molecule has 0 aromatic heterocycles. The Bertz CT molecular complexity index is 139. The Labute approximate surface area is 57.2 Å². The quantitative estimate of drug-likeness (QED) is 0.253. The molecule has 0 spiro atoms. The van der Waals surface area contributed by atoms with Gasteiger partial charge in [0.25, 0.3) is 0 Å². The van der Waals surface area contributed by atoms with E-state index in [1.54, 1.807) is 0 Å². The van der Waals surface area contributed by atoms with E-state index in [0.29, 0.717) is 0 Å². The van der Waals surface area contributed by atoms with Gasteiger partial charge in [0.1, 0.15) is 6.61 Å². The minimum absolute atomic E-state index is 0.747. The number of rotatable bonds is 3. The zero-order valence-corrected chi connectivity index (χ0v) is 5.15. The number of hydrogen-bond donors (Lipinski definition) is 3. The summed E-state index contributed by atoms with van der Waals surface area (Å²) < 4.78 is 3.84. The molecule has 3 N–H and O–H groups in total. The Morgan fingerprint density at radius 1 is 1.70 bits per heavy atom. The first-order valence-electron chi connectivity index (χ1n) is 2.43. The first kappa shape index (κ1) is 9.09. The van der Waals surface area contributed by atoms with Gasteiger partial charge in [-0.2, -0.15) is 0 Å². The molecular formula is C5H8O5. The smallest absolute Gasteiger partial charge is 0.348 e. The molecule has 0 heterocycles. The highest BCUT2D eigenvalue weighted by molar-refractivity contribution is 5.81. The predicted molar refractivity (Wildman–Crippen MR) is 30.5 cm³/mol. The molecule has 0 saturated heterocycles. The van der Waals surface area contributed by atoms with E-state index < -0.39 is 18.5 Å². The van der Waals surface area contributed by atoms with Crippen LogP contribution in [0.25, 0.3) is 0 Å². The second-order valence-electron chi connectivity index (χ2n) is 1.53. The third-order valence-corrected chi connectivity index (χ3v) is 0.637. The van der Waals surface area contributed by atoms with Gasteiger partial charge in [-0.05, 0) is 0 Å². The summed E-state index contributed by atoms with van der Waals surface area (Å²) in [5.41, 5.74) is 0. The van der Waals surface area contributed by atoms with E-state index in [1.165, 1.54) is 0 Å². The summed E-state index contributed by atoms with van der Waals surface area (Å²) >= 11 is 0. The SMILES string of the molecule is C=CC(=O)OC(O)(O)CO. The van der Waals surface area contributed by atoms with Crippen molar-refractivity contribution in [1.82, 2.24) is 0 Å². The van der Waals surface area contributed by atoms with E-state index in [4.69, 9.17) is 15.3 Å². The molecule has 0 aliphatic heterocycles. The van der Waals surface area contributed by atoms with E-state index >= 15 is 0 Å². The van der Waals surface area contributed by atoms with Gasteiger partial charge in [-0.1, -0.05) is 6.58 Å². The zero-order valence-electron chi connectivity index (χ0n) is 5.15. The first-order chi connectivity index (χ1) is 4.52. The maximum Gasteiger partial charge on any atom is 0.348 e. The normalized spacial score (nSPS) is 10.7. The molecule has 0 aromatic rings. The number of carbonyl (C=O) groups excluding carboxylic acids is 1. The summed E-state index contributed by atoms with van der Waals surface area (Å²) in [4.78, 5) is 10.2. The molecule has 5 nitrogen and oxygen atoms in total. The number of hydrogen-bond acceptors (Lipinski definition) is 5. The molecule has 0 saturated carbocycles. The zero-order chi connectivity index (χ0) is 8.20. The molecule has 0 rings (SSSR count). The van der Waals surface area contributed by atoms with Crippen LogP contribution in [0.2, 0.25) is 0 Å². The van der Waals surface area contributed by atoms with Crippen molar-refractivity contribution < 1.29 is 24.9 Å². The molecule has 0 unspecified atom stereocenters. The molecular weight excluding hydrogens is 140 g/mol. The number of carbonyl (C=O) groups is 1. The lowest BCUT2D eigenvalue weighted by molar-refractivity contribution is -0.330. The monoisotopic (exact) mass is 148 g/mol. The lowest BCUT2D eigenvalue weighted by Gasteiger charge is -2.16. The van der Waals surface area contributed by atoms with E-state index in [9.17, 15) is 4.79 Å². The molecule has 0 bridgehead atoms.